The van der Waals surface area contributed by atoms with Crippen LogP contribution >= 0.6 is 0 Å². The maximum absolute atomic E-state index is 10.8. The largest absolute Gasteiger partial charge is 0.661 e. The SMILES string of the molecule is CO[Si]1(O)O[Si](C)(C)O[Si]2(C)O[Si](C)(C)O[Si](O)(OC)O[Si](O)(O2)O1. The van der Waals surface area contributed by atoms with Gasteiger partial charge in [-0.3, -0.25) is 0 Å². The van der Waals surface area contributed by atoms with E-state index in [0.717, 1.165) is 14.2 Å². The van der Waals surface area contributed by atoms with Gasteiger partial charge in [-0.25, -0.2) is 0 Å². The molecular formula is C7H24O12Si6. The first kappa shape index (κ1) is 22.1. The lowest BCUT2D eigenvalue weighted by atomic mass is 11.8. The van der Waals surface area contributed by atoms with Crippen molar-refractivity contribution in [2.75, 3.05) is 14.2 Å². The second-order valence-corrected chi connectivity index (χ2v) is 23.4. The van der Waals surface area contributed by atoms with E-state index in [1.807, 2.05) is 0 Å². The van der Waals surface area contributed by atoms with Crippen molar-refractivity contribution < 1.29 is 52.0 Å². The fourth-order valence-corrected chi connectivity index (χ4v) is 25.8. The summed E-state index contributed by atoms with van der Waals surface area (Å²) in [4.78, 5) is 31.7. The minimum absolute atomic E-state index is 1.14. The summed E-state index contributed by atoms with van der Waals surface area (Å²) in [6.07, 6.45) is 0. The fourth-order valence-electron chi connectivity index (χ4n) is 2.45. The second kappa shape index (κ2) is 6.71. The van der Waals surface area contributed by atoms with Gasteiger partial charge in [0.25, 0.3) is 0 Å². The van der Waals surface area contributed by atoms with Crippen LogP contribution in [0.4, 0.5) is 0 Å². The average Bonchev–Trinajstić information content (AvgIpc) is 2.30. The van der Waals surface area contributed by atoms with Gasteiger partial charge in [0.2, 0.25) is 0 Å². The molecule has 2 fully saturated rings. The van der Waals surface area contributed by atoms with Gasteiger partial charge in [-0.1, -0.05) is 0 Å². The summed E-state index contributed by atoms with van der Waals surface area (Å²) >= 11 is 0. The van der Waals surface area contributed by atoms with Crippen LogP contribution in [0.15, 0.2) is 0 Å². The molecule has 0 aromatic heterocycles. The van der Waals surface area contributed by atoms with Crippen LogP contribution < -0.4 is 0 Å². The summed E-state index contributed by atoms with van der Waals surface area (Å²) in [7, 11) is -21.0. The van der Waals surface area contributed by atoms with Gasteiger partial charge in [-0.15, -0.1) is 0 Å². The van der Waals surface area contributed by atoms with Gasteiger partial charge in [0, 0.05) is 20.8 Å². The second-order valence-electron chi connectivity index (χ2n) is 6.36. The molecule has 2 heterocycles. The van der Waals surface area contributed by atoms with E-state index in [9.17, 15) is 14.4 Å². The van der Waals surface area contributed by atoms with E-state index in [1.54, 1.807) is 26.2 Å². The van der Waals surface area contributed by atoms with Gasteiger partial charge in [0.1, 0.15) is 0 Å². The lowest BCUT2D eigenvalue weighted by Gasteiger charge is -2.48. The van der Waals surface area contributed by atoms with E-state index in [-0.39, 0.29) is 0 Å². The lowest BCUT2D eigenvalue weighted by Crippen LogP contribution is -2.77. The molecule has 3 N–H and O–H groups in total. The van der Waals surface area contributed by atoms with E-state index < -0.39 is 53.1 Å². The molecule has 18 heteroatoms. The van der Waals surface area contributed by atoms with Crippen LogP contribution in [0.5, 0.6) is 0 Å². The van der Waals surface area contributed by atoms with Crippen molar-refractivity contribution in [3.05, 3.63) is 0 Å². The van der Waals surface area contributed by atoms with Crippen molar-refractivity contribution in [1.82, 2.24) is 0 Å². The topological polar surface area (TPSA) is 144 Å². The Hall–Kier alpha value is 0.821. The Morgan fingerprint density at radius 1 is 0.560 bits per heavy atom. The van der Waals surface area contributed by atoms with Crippen molar-refractivity contribution in [2.24, 2.45) is 0 Å². The van der Waals surface area contributed by atoms with E-state index in [1.165, 1.54) is 6.55 Å². The van der Waals surface area contributed by atoms with Crippen molar-refractivity contribution in [3.8, 4) is 0 Å². The van der Waals surface area contributed by atoms with Gasteiger partial charge in [0.05, 0.1) is 0 Å². The Labute approximate surface area is 152 Å². The maximum Gasteiger partial charge on any atom is 0.661 e. The fraction of sp³-hybridized carbons (Fsp3) is 1.00. The molecule has 2 unspecified atom stereocenters. The molecule has 2 aliphatic heterocycles. The minimum Gasteiger partial charge on any atom is -0.395 e. The van der Waals surface area contributed by atoms with E-state index >= 15 is 0 Å². The number of rotatable bonds is 2. The first-order valence-corrected chi connectivity index (χ1v) is 20.1. The van der Waals surface area contributed by atoms with Crippen molar-refractivity contribution in [2.45, 2.75) is 32.7 Å². The Morgan fingerprint density at radius 2 is 0.920 bits per heavy atom. The minimum atomic E-state index is -4.78. The molecule has 0 spiro atoms. The van der Waals surface area contributed by atoms with Crippen LogP contribution in [-0.4, -0.2) is 81.7 Å². The average molecular weight is 469 g/mol. The quantitative estimate of drug-likeness (QED) is 0.413. The third kappa shape index (κ3) is 5.42. The van der Waals surface area contributed by atoms with Crippen molar-refractivity contribution >= 4 is 53.1 Å². The molecule has 0 aliphatic carbocycles. The molecule has 2 rings (SSSR count). The van der Waals surface area contributed by atoms with Gasteiger partial charge < -0.3 is 52.0 Å². The molecule has 0 saturated carbocycles. The molecule has 2 saturated heterocycles. The van der Waals surface area contributed by atoms with Gasteiger partial charge in [-0.2, -0.15) is 0 Å². The number of hydrogen-bond acceptors (Lipinski definition) is 12. The van der Waals surface area contributed by atoms with Gasteiger partial charge in [0.15, 0.2) is 0 Å². The third-order valence-corrected chi connectivity index (χ3v) is 23.5. The zero-order valence-corrected chi connectivity index (χ0v) is 21.0. The maximum atomic E-state index is 10.8. The summed E-state index contributed by atoms with van der Waals surface area (Å²) in [6.45, 7) is 8.07. The summed E-state index contributed by atoms with van der Waals surface area (Å²) < 4.78 is 48.9. The number of hydrogen-bond donors (Lipinski definition) is 3. The highest BCUT2D eigenvalue weighted by molar-refractivity contribution is 6.92. The molecule has 2 bridgehead atoms. The highest BCUT2D eigenvalue weighted by Gasteiger charge is 2.71. The molecule has 0 radical (unpaired) electrons. The lowest BCUT2D eigenvalue weighted by molar-refractivity contribution is -0.0294. The van der Waals surface area contributed by atoms with E-state index in [4.69, 9.17) is 37.7 Å². The van der Waals surface area contributed by atoms with Crippen LogP contribution in [0.1, 0.15) is 0 Å². The molecule has 0 amide bonds. The van der Waals surface area contributed by atoms with Crippen LogP contribution in [-0.2, 0) is 37.7 Å². The predicted molar refractivity (Wildman–Crippen MR) is 92.1 cm³/mol. The first-order chi connectivity index (χ1) is 11.1. The molecule has 12 nitrogen and oxygen atoms in total. The van der Waals surface area contributed by atoms with Gasteiger partial charge >= 0.3 is 53.1 Å². The Morgan fingerprint density at radius 3 is 1.24 bits per heavy atom. The van der Waals surface area contributed by atoms with Crippen LogP contribution in [0.3, 0.4) is 0 Å². The van der Waals surface area contributed by atoms with Crippen LogP contribution in [0, 0.1) is 0 Å². The molecule has 0 aromatic carbocycles. The molecule has 2 atom stereocenters. The highest BCUT2D eigenvalue weighted by Crippen LogP contribution is 2.35. The molecular weight excluding hydrogens is 445 g/mol. The summed E-state index contributed by atoms with van der Waals surface area (Å²) in [5, 5.41) is 0. The predicted octanol–water partition coefficient (Wildman–Crippen LogP) is -1.32. The van der Waals surface area contributed by atoms with E-state index in [0.29, 0.717) is 0 Å². The third-order valence-electron chi connectivity index (χ3n) is 2.96. The molecule has 2 aliphatic rings. The zero-order chi connectivity index (χ0) is 19.4. The van der Waals surface area contributed by atoms with Gasteiger partial charge in [-0.05, 0) is 26.2 Å². The molecule has 0 aromatic rings. The van der Waals surface area contributed by atoms with Crippen LogP contribution in [0.25, 0.3) is 0 Å². The van der Waals surface area contributed by atoms with E-state index in [2.05, 4.69) is 0 Å². The normalized spacial score (nSPS) is 47.3. The monoisotopic (exact) mass is 468 g/mol. The highest BCUT2D eigenvalue weighted by atomic mass is 28.6. The van der Waals surface area contributed by atoms with Crippen LogP contribution in [0.2, 0.25) is 32.7 Å². The number of fused-ring (bicyclic) bond motifs is 2. The standard InChI is InChI=1S/C7H24O12Si6/c1-11-23(8)15-20(3,4)13-22(7)14-21(5,6)16-24(9,12-2)19-25(10,17-22)18-23/h8-10H,1-7H3. The first-order valence-electron chi connectivity index (χ1n) is 7.25. The van der Waals surface area contributed by atoms with Crippen molar-refractivity contribution in [1.29, 1.82) is 0 Å². The Balaban J connectivity index is 2.51. The molecule has 25 heavy (non-hydrogen) atoms. The summed E-state index contributed by atoms with van der Waals surface area (Å²) in [5.74, 6) is 0. The van der Waals surface area contributed by atoms with Crippen molar-refractivity contribution in [3.63, 3.8) is 0 Å². The summed E-state index contributed by atoms with van der Waals surface area (Å²) in [5.41, 5.74) is 0. The Bertz CT molecular complexity index is 484. The smallest absolute Gasteiger partial charge is 0.395 e. The zero-order valence-electron chi connectivity index (χ0n) is 15.0. The molecule has 148 valence electrons. The summed E-state index contributed by atoms with van der Waals surface area (Å²) in [6, 6.07) is 0. The Kier molecular flexibility index (Phi) is 5.93.